The SMILES string of the molecule is CCOC(=O)N1CCC(N2CSC(=S)N(Cc3cccnc3)C2)CC1. The quantitative estimate of drug-likeness (QED) is 0.745. The van der Waals surface area contributed by atoms with Gasteiger partial charge in [0.05, 0.1) is 19.2 Å². The van der Waals surface area contributed by atoms with Crippen molar-refractivity contribution in [2.75, 3.05) is 32.2 Å². The van der Waals surface area contributed by atoms with E-state index in [2.05, 4.69) is 20.9 Å². The first-order valence-corrected chi connectivity index (χ1v) is 10.0. The van der Waals surface area contributed by atoms with E-state index in [1.807, 2.05) is 24.1 Å². The smallest absolute Gasteiger partial charge is 0.409 e. The minimum atomic E-state index is -0.187. The van der Waals surface area contributed by atoms with Gasteiger partial charge in [0.15, 0.2) is 0 Å². The molecular formula is C17H24N4O2S2. The number of likely N-dealkylation sites (tertiary alicyclic amines) is 1. The standard InChI is InChI=1S/C17H24N4O2S2/c1-2-23-16(22)19-8-5-15(6-9-19)21-12-20(17(24)25-13-21)11-14-4-3-7-18-10-14/h3-4,7,10,15H,2,5-6,8-9,11-13H2,1H3. The predicted molar refractivity (Wildman–Crippen MR) is 103 cm³/mol. The predicted octanol–water partition coefficient (Wildman–Crippen LogP) is 2.75. The zero-order valence-corrected chi connectivity index (χ0v) is 16.1. The molecular weight excluding hydrogens is 356 g/mol. The van der Waals surface area contributed by atoms with Gasteiger partial charge in [-0.2, -0.15) is 0 Å². The van der Waals surface area contributed by atoms with E-state index in [0.29, 0.717) is 12.6 Å². The van der Waals surface area contributed by atoms with E-state index in [1.54, 1.807) is 18.0 Å². The van der Waals surface area contributed by atoms with Crippen LogP contribution in [0.25, 0.3) is 0 Å². The Morgan fingerprint density at radius 3 is 2.92 bits per heavy atom. The first-order valence-electron chi connectivity index (χ1n) is 8.63. The van der Waals surface area contributed by atoms with Crippen molar-refractivity contribution in [3.63, 3.8) is 0 Å². The van der Waals surface area contributed by atoms with E-state index in [-0.39, 0.29) is 6.09 Å². The highest BCUT2D eigenvalue weighted by atomic mass is 32.2. The van der Waals surface area contributed by atoms with E-state index in [1.165, 1.54) is 5.56 Å². The van der Waals surface area contributed by atoms with E-state index >= 15 is 0 Å². The van der Waals surface area contributed by atoms with Gasteiger partial charge in [-0.05, 0) is 31.4 Å². The summed E-state index contributed by atoms with van der Waals surface area (Å²) in [5.74, 6) is 0.923. The van der Waals surface area contributed by atoms with Gasteiger partial charge in [0.25, 0.3) is 0 Å². The van der Waals surface area contributed by atoms with Crippen LogP contribution in [0.15, 0.2) is 24.5 Å². The number of hydrogen-bond donors (Lipinski definition) is 0. The number of pyridine rings is 1. The monoisotopic (exact) mass is 380 g/mol. The van der Waals surface area contributed by atoms with Gasteiger partial charge in [-0.1, -0.05) is 30.0 Å². The summed E-state index contributed by atoms with van der Waals surface area (Å²) >= 11 is 7.26. The molecule has 1 aromatic heterocycles. The molecule has 0 N–H and O–H groups in total. The molecule has 0 aromatic carbocycles. The van der Waals surface area contributed by atoms with Crippen LogP contribution in [0.4, 0.5) is 4.79 Å². The van der Waals surface area contributed by atoms with Gasteiger partial charge in [0.2, 0.25) is 0 Å². The average molecular weight is 381 g/mol. The van der Waals surface area contributed by atoms with Gasteiger partial charge in [0.1, 0.15) is 4.32 Å². The van der Waals surface area contributed by atoms with E-state index in [0.717, 1.165) is 49.3 Å². The maximum Gasteiger partial charge on any atom is 0.409 e. The fourth-order valence-electron chi connectivity index (χ4n) is 3.22. The van der Waals surface area contributed by atoms with Gasteiger partial charge in [-0.15, -0.1) is 0 Å². The number of carbonyl (C=O) groups is 1. The summed E-state index contributed by atoms with van der Waals surface area (Å²) < 4.78 is 6.05. The van der Waals surface area contributed by atoms with Crippen LogP contribution in [0.3, 0.4) is 0 Å². The summed E-state index contributed by atoms with van der Waals surface area (Å²) in [5.41, 5.74) is 1.17. The van der Waals surface area contributed by atoms with Gasteiger partial charge in [-0.25, -0.2) is 4.79 Å². The van der Waals surface area contributed by atoms with Crippen LogP contribution in [0.5, 0.6) is 0 Å². The zero-order chi connectivity index (χ0) is 17.6. The van der Waals surface area contributed by atoms with Gasteiger partial charge in [-0.3, -0.25) is 9.88 Å². The maximum absolute atomic E-state index is 11.8. The number of nitrogens with zero attached hydrogens (tertiary/aromatic N) is 4. The Morgan fingerprint density at radius 1 is 1.44 bits per heavy atom. The fraction of sp³-hybridized carbons (Fsp3) is 0.588. The molecule has 0 aliphatic carbocycles. The maximum atomic E-state index is 11.8. The van der Waals surface area contributed by atoms with Crippen molar-refractivity contribution in [1.82, 2.24) is 19.7 Å². The van der Waals surface area contributed by atoms with Crippen LogP contribution in [0.2, 0.25) is 0 Å². The summed E-state index contributed by atoms with van der Waals surface area (Å²) in [6.07, 6.45) is 5.45. The van der Waals surface area contributed by atoms with Gasteiger partial charge in [0, 0.05) is 38.1 Å². The number of carbonyl (C=O) groups excluding carboxylic acids is 1. The molecule has 2 aliphatic rings. The molecule has 2 saturated heterocycles. The molecule has 0 unspecified atom stereocenters. The molecule has 0 radical (unpaired) electrons. The number of ether oxygens (including phenoxy) is 1. The lowest BCUT2D eigenvalue weighted by Gasteiger charge is -2.43. The molecule has 0 bridgehead atoms. The Morgan fingerprint density at radius 2 is 2.24 bits per heavy atom. The molecule has 2 aliphatic heterocycles. The lowest BCUT2D eigenvalue weighted by atomic mass is 10.0. The Bertz CT molecular complexity index is 594. The summed E-state index contributed by atoms with van der Waals surface area (Å²) in [7, 11) is 0. The van der Waals surface area contributed by atoms with Crippen molar-refractivity contribution in [3.8, 4) is 0 Å². The topological polar surface area (TPSA) is 48.9 Å². The van der Waals surface area contributed by atoms with Crippen LogP contribution >= 0.6 is 24.0 Å². The van der Waals surface area contributed by atoms with Gasteiger partial charge >= 0.3 is 6.09 Å². The number of piperidine rings is 1. The first-order chi connectivity index (χ1) is 12.2. The lowest BCUT2D eigenvalue weighted by Crippen LogP contribution is -2.52. The number of aromatic nitrogens is 1. The number of hydrogen-bond acceptors (Lipinski definition) is 6. The molecule has 6 nitrogen and oxygen atoms in total. The largest absolute Gasteiger partial charge is 0.450 e. The first kappa shape index (κ1) is 18.4. The van der Waals surface area contributed by atoms with E-state index in [4.69, 9.17) is 17.0 Å². The molecule has 2 fully saturated rings. The highest BCUT2D eigenvalue weighted by molar-refractivity contribution is 8.22. The highest BCUT2D eigenvalue weighted by Crippen LogP contribution is 2.26. The third-order valence-corrected chi connectivity index (χ3v) is 6.15. The molecule has 3 rings (SSSR count). The molecule has 0 atom stereocenters. The van der Waals surface area contributed by atoms with Crippen molar-refractivity contribution >= 4 is 34.4 Å². The van der Waals surface area contributed by atoms with Crippen molar-refractivity contribution in [3.05, 3.63) is 30.1 Å². The molecule has 1 amide bonds. The summed E-state index contributed by atoms with van der Waals surface area (Å²) in [4.78, 5) is 22.5. The van der Waals surface area contributed by atoms with Crippen LogP contribution in [-0.4, -0.2) is 68.4 Å². The molecule has 25 heavy (non-hydrogen) atoms. The normalized spacial score (nSPS) is 20.0. The van der Waals surface area contributed by atoms with Crippen molar-refractivity contribution in [2.24, 2.45) is 0 Å². The number of amides is 1. The zero-order valence-electron chi connectivity index (χ0n) is 14.5. The third kappa shape index (κ3) is 4.83. The second kappa shape index (κ2) is 8.82. The summed E-state index contributed by atoms with van der Waals surface area (Å²) in [6, 6.07) is 4.52. The minimum absolute atomic E-state index is 0.187. The summed E-state index contributed by atoms with van der Waals surface area (Å²) in [5, 5.41) is 0. The Labute approximate surface area is 158 Å². The minimum Gasteiger partial charge on any atom is -0.450 e. The second-order valence-corrected chi connectivity index (χ2v) is 7.82. The summed E-state index contributed by atoms with van der Waals surface area (Å²) in [6.45, 7) is 5.43. The Kier molecular flexibility index (Phi) is 6.50. The van der Waals surface area contributed by atoms with Crippen LogP contribution in [0.1, 0.15) is 25.3 Å². The number of thiocarbonyl (C=S) groups is 1. The highest BCUT2D eigenvalue weighted by Gasteiger charge is 2.31. The van der Waals surface area contributed by atoms with Crippen molar-refractivity contribution in [1.29, 1.82) is 0 Å². The van der Waals surface area contributed by atoms with Crippen molar-refractivity contribution < 1.29 is 9.53 Å². The fourth-order valence-corrected chi connectivity index (χ4v) is 4.38. The van der Waals surface area contributed by atoms with Crippen LogP contribution in [-0.2, 0) is 11.3 Å². The molecule has 8 heteroatoms. The average Bonchev–Trinajstić information content (AvgIpc) is 2.65. The molecule has 0 spiro atoms. The van der Waals surface area contributed by atoms with E-state index in [9.17, 15) is 4.79 Å². The van der Waals surface area contributed by atoms with Crippen molar-refractivity contribution in [2.45, 2.75) is 32.4 Å². The van der Waals surface area contributed by atoms with Gasteiger partial charge < -0.3 is 14.5 Å². The second-order valence-electron chi connectivity index (χ2n) is 6.25. The molecule has 136 valence electrons. The molecule has 1 aromatic rings. The third-order valence-electron chi connectivity index (χ3n) is 4.57. The number of thioether (sulfide) groups is 1. The van der Waals surface area contributed by atoms with Crippen LogP contribution < -0.4 is 0 Å². The lowest BCUT2D eigenvalue weighted by molar-refractivity contribution is 0.0681. The molecule has 3 heterocycles. The Hall–Kier alpha value is -1.38. The van der Waals surface area contributed by atoms with E-state index < -0.39 is 0 Å². The van der Waals surface area contributed by atoms with Crippen LogP contribution in [0, 0.1) is 0 Å². The molecule has 0 saturated carbocycles. The Balaban J connectivity index is 1.53. The number of rotatable bonds is 4.